The number of carbonyl (C=O) groups excluding carboxylic acids is 3. The van der Waals surface area contributed by atoms with E-state index in [2.05, 4.69) is 0 Å². The third-order valence-corrected chi connectivity index (χ3v) is 14.5. The minimum absolute atomic E-state index is 0. The van der Waals surface area contributed by atoms with Crippen molar-refractivity contribution < 1.29 is 107 Å². The zero-order chi connectivity index (χ0) is 39.7. The second kappa shape index (κ2) is 12.9. The van der Waals surface area contributed by atoms with E-state index in [0.717, 1.165) is 0 Å². The van der Waals surface area contributed by atoms with Crippen LogP contribution in [-0.4, -0.2) is 51.2 Å². The molecule has 6 aliphatic carbocycles. The molecule has 0 radical (unpaired) electrons. The van der Waals surface area contributed by atoms with Crippen LogP contribution in [0.5, 0.6) is 0 Å². The standard InChI is InChI=1S/3C12H15F3O2.Dy/c3*1-10(2)6-4-5-11(10,3)8(16)7(6)9(17)12(13,14)15;/h3*6,17H,4-5H2,1-3H3;. The Hall–Kier alpha value is -1.73. The van der Waals surface area contributed by atoms with Gasteiger partial charge in [-0.05, 0) is 72.5 Å². The maximum atomic E-state index is 12.5. The van der Waals surface area contributed by atoms with E-state index in [1.807, 2.05) is 0 Å². The molecule has 0 aromatic rings. The molecule has 0 amide bonds. The summed E-state index contributed by atoms with van der Waals surface area (Å²) in [5.41, 5.74) is -5.08. The number of rotatable bonds is 0. The quantitative estimate of drug-likeness (QED) is 0.127. The zero-order valence-electron chi connectivity index (χ0n) is 30.3. The molecule has 6 bridgehead atoms. The summed E-state index contributed by atoms with van der Waals surface area (Å²) < 4.78 is 113. The Kier molecular flexibility index (Phi) is 11.1. The van der Waals surface area contributed by atoms with E-state index >= 15 is 0 Å². The van der Waals surface area contributed by atoms with Crippen LogP contribution in [-0.2, 0) is 14.4 Å². The van der Waals surface area contributed by atoms with E-state index in [4.69, 9.17) is 0 Å². The predicted molar refractivity (Wildman–Crippen MR) is 166 cm³/mol. The molecule has 6 aliphatic rings. The van der Waals surface area contributed by atoms with Crippen molar-refractivity contribution in [3.63, 3.8) is 0 Å². The minimum atomic E-state index is -4.83. The van der Waals surface area contributed by atoms with Gasteiger partial charge in [0.15, 0.2) is 17.3 Å². The smallest absolute Gasteiger partial charge is 0.449 e. The van der Waals surface area contributed by atoms with Crippen molar-refractivity contribution in [2.75, 3.05) is 0 Å². The van der Waals surface area contributed by atoms with Gasteiger partial charge in [0, 0.05) is 71.1 Å². The van der Waals surface area contributed by atoms with Crippen LogP contribution in [0.15, 0.2) is 34.0 Å². The SMILES string of the molecule is CC12CCC(C(=C(O)C(F)(F)F)C1=O)C2(C)C.CC12CCC(C(=C(O)C(F)(F)F)C1=O)C2(C)C.CC12CCC(C(=C(O)C(F)(F)F)C1=O)C2(C)C.[Dy]. The number of aliphatic hydroxyl groups is 3. The summed E-state index contributed by atoms with van der Waals surface area (Å²) in [5.74, 6) is -8.13. The number of Topliss-reactive ketones (excluding diaryl/α,β-unsaturated/α-hetero) is 3. The average molecular weight is 907 g/mol. The van der Waals surface area contributed by atoms with Crippen LogP contribution in [0.1, 0.15) is 101 Å². The summed E-state index contributed by atoms with van der Waals surface area (Å²) in [7, 11) is 0. The fourth-order valence-corrected chi connectivity index (χ4v) is 9.88. The predicted octanol–water partition coefficient (Wildman–Crippen LogP) is 10.2. The number of hydrogen-bond acceptors (Lipinski definition) is 6. The van der Waals surface area contributed by atoms with Gasteiger partial charge >= 0.3 is 18.5 Å². The Morgan fingerprint density at radius 1 is 0.462 bits per heavy atom. The Morgan fingerprint density at radius 2 is 0.635 bits per heavy atom. The molecule has 0 heterocycles. The summed E-state index contributed by atoms with van der Waals surface area (Å²) in [4.78, 5) is 36.2. The summed E-state index contributed by atoms with van der Waals surface area (Å²) in [6, 6.07) is 0. The van der Waals surface area contributed by atoms with E-state index in [-0.39, 0.29) is 38.2 Å². The number of alkyl halides is 9. The summed E-state index contributed by atoms with van der Waals surface area (Å²) in [6.45, 7) is 15.9. The largest absolute Gasteiger partial charge is 0.504 e. The van der Waals surface area contributed by atoms with Crippen LogP contribution in [0.2, 0.25) is 0 Å². The number of allylic oxidation sites excluding steroid dienone is 6. The van der Waals surface area contributed by atoms with Crippen LogP contribution in [0, 0.1) is 88.4 Å². The number of fused-ring (bicyclic) bond motifs is 6. The van der Waals surface area contributed by atoms with Gasteiger partial charge in [-0.15, -0.1) is 0 Å². The first-order valence-corrected chi connectivity index (χ1v) is 16.8. The van der Waals surface area contributed by atoms with Crippen LogP contribution in [0.3, 0.4) is 0 Å². The molecule has 3 N–H and O–H groups in total. The first kappa shape index (κ1) is 44.7. The molecule has 6 atom stereocenters. The fourth-order valence-electron chi connectivity index (χ4n) is 9.88. The van der Waals surface area contributed by atoms with Gasteiger partial charge in [0.1, 0.15) is 0 Å². The van der Waals surface area contributed by atoms with Crippen molar-refractivity contribution in [2.24, 2.45) is 50.2 Å². The molecule has 0 aromatic heterocycles. The van der Waals surface area contributed by atoms with Crippen molar-refractivity contribution in [1.29, 1.82) is 0 Å². The number of aliphatic hydroxyl groups excluding tert-OH is 3. The Balaban J connectivity index is 0.000000208. The van der Waals surface area contributed by atoms with Crippen molar-refractivity contribution >= 4 is 17.3 Å². The first-order chi connectivity index (χ1) is 22.6. The minimum Gasteiger partial charge on any atom is -0.504 e. The number of hydrogen-bond donors (Lipinski definition) is 3. The van der Waals surface area contributed by atoms with Crippen LogP contribution >= 0.6 is 0 Å². The van der Waals surface area contributed by atoms with Crippen LogP contribution < -0.4 is 0 Å². The van der Waals surface area contributed by atoms with Gasteiger partial charge in [-0.25, -0.2) is 0 Å². The Labute approximate surface area is 326 Å². The van der Waals surface area contributed by atoms with E-state index < -0.39 is 120 Å². The molecule has 6 nitrogen and oxygen atoms in total. The van der Waals surface area contributed by atoms with Crippen LogP contribution in [0.4, 0.5) is 39.5 Å². The molecule has 52 heavy (non-hydrogen) atoms. The van der Waals surface area contributed by atoms with Crippen LogP contribution in [0.25, 0.3) is 0 Å². The summed E-state index contributed by atoms with van der Waals surface area (Å²) in [5, 5.41) is 27.8. The average Bonchev–Trinajstić information content (AvgIpc) is 3.59. The van der Waals surface area contributed by atoms with Gasteiger partial charge < -0.3 is 15.3 Å². The molecule has 298 valence electrons. The second-order valence-electron chi connectivity index (χ2n) is 17.2. The summed E-state index contributed by atoms with van der Waals surface area (Å²) >= 11 is 0. The monoisotopic (exact) mass is 908 g/mol. The molecule has 6 saturated carbocycles. The maximum Gasteiger partial charge on any atom is 0.449 e. The van der Waals surface area contributed by atoms with Crippen molar-refractivity contribution in [2.45, 2.75) is 119 Å². The molecule has 6 fully saturated rings. The second-order valence-corrected chi connectivity index (χ2v) is 17.2. The molecule has 0 aromatic carbocycles. The van der Waals surface area contributed by atoms with Crippen molar-refractivity contribution in [3.05, 3.63) is 34.0 Å². The number of ketones is 3. The molecule has 6 unspecified atom stereocenters. The molecule has 6 rings (SSSR count). The normalized spacial score (nSPS) is 38.0. The van der Waals surface area contributed by atoms with Gasteiger partial charge in [-0.1, -0.05) is 62.3 Å². The third-order valence-electron chi connectivity index (χ3n) is 14.5. The summed E-state index contributed by atoms with van der Waals surface area (Å²) in [6.07, 6.45) is -11.1. The van der Waals surface area contributed by atoms with Gasteiger partial charge in [-0.2, -0.15) is 39.5 Å². The van der Waals surface area contributed by atoms with Gasteiger partial charge in [0.2, 0.25) is 17.3 Å². The van der Waals surface area contributed by atoms with Gasteiger partial charge in [-0.3, -0.25) is 14.4 Å². The number of carbonyl (C=O) groups is 3. The topological polar surface area (TPSA) is 112 Å². The first-order valence-electron chi connectivity index (χ1n) is 16.8. The van der Waals surface area contributed by atoms with E-state index in [0.29, 0.717) is 38.5 Å². The van der Waals surface area contributed by atoms with E-state index in [1.165, 1.54) is 0 Å². The van der Waals surface area contributed by atoms with E-state index in [9.17, 15) is 69.2 Å². The Bertz CT molecular complexity index is 1460. The van der Waals surface area contributed by atoms with Crippen molar-refractivity contribution in [1.82, 2.24) is 0 Å². The number of halogens is 9. The van der Waals surface area contributed by atoms with E-state index in [1.54, 1.807) is 62.3 Å². The fraction of sp³-hybridized carbons (Fsp3) is 0.750. The maximum absolute atomic E-state index is 12.5. The molecular formula is C36H45DyF9O6. The molecular weight excluding hydrogens is 862 g/mol. The van der Waals surface area contributed by atoms with Gasteiger partial charge in [0.05, 0.1) is 0 Å². The molecule has 16 heteroatoms. The zero-order valence-corrected chi connectivity index (χ0v) is 32.3. The third kappa shape index (κ3) is 6.07. The van der Waals surface area contributed by atoms with Crippen molar-refractivity contribution in [3.8, 4) is 0 Å². The molecule has 0 spiro atoms. The van der Waals surface area contributed by atoms with Gasteiger partial charge in [0.25, 0.3) is 0 Å². The molecule has 0 saturated heterocycles. The Morgan fingerprint density at radius 3 is 0.750 bits per heavy atom. The molecule has 0 aliphatic heterocycles.